The highest BCUT2D eigenvalue weighted by molar-refractivity contribution is 6.12. The van der Waals surface area contributed by atoms with Crippen LogP contribution in [0.1, 0.15) is 129 Å². The van der Waals surface area contributed by atoms with Gasteiger partial charge in [-0.2, -0.15) is 0 Å². The molecule has 2 atom stereocenters. The Balaban J connectivity index is 1.42. The van der Waals surface area contributed by atoms with Gasteiger partial charge in [0.1, 0.15) is 12.4 Å². The van der Waals surface area contributed by atoms with Crippen LogP contribution in [0, 0.1) is 11.8 Å². The minimum Gasteiger partial charge on any atom is -0.466 e. The molecule has 1 aromatic carbocycles. The van der Waals surface area contributed by atoms with Gasteiger partial charge in [-0.15, -0.1) is 0 Å². The minimum absolute atomic E-state index is 0.171. The van der Waals surface area contributed by atoms with Gasteiger partial charge in [-0.25, -0.2) is 4.39 Å². The fraction of sp³-hybridized carbons (Fsp3) is 0.649. The van der Waals surface area contributed by atoms with Gasteiger partial charge in [0.15, 0.2) is 11.6 Å². The van der Waals surface area contributed by atoms with Gasteiger partial charge in [0.05, 0.1) is 18.7 Å². The Hall–Kier alpha value is -3.16. The van der Waals surface area contributed by atoms with Gasteiger partial charge in [-0.3, -0.25) is 19.4 Å². The first-order valence-corrected chi connectivity index (χ1v) is 17.2. The van der Waals surface area contributed by atoms with E-state index in [1.165, 1.54) is 64.2 Å². The second-order valence-electron chi connectivity index (χ2n) is 12.8. The van der Waals surface area contributed by atoms with Crippen molar-refractivity contribution in [3.05, 3.63) is 42.2 Å². The highest BCUT2D eigenvalue weighted by Gasteiger charge is 2.50. The standard InChI is InChI=1S/C37H53FN2O5/c1-4-5-6-7-8-9-10-11-12-13-14-15-18-23-44-35(43)25-30(33(41)27-38)24-34(42)37(28(2)3)26-32(40-45-37)36-31-20-17-16-19-29(31)21-22-39-36/h16-17,19-22,28,30H,4-15,18,23-27H2,1-3H3/t30-,37+/m0/s1. The lowest BCUT2D eigenvalue weighted by Gasteiger charge is -2.30. The molecule has 248 valence electrons. The lowest BCUT2D eigenvalue weighted by molar-refractivity contribution is -0.152. The minimum atomic E-state index is -1.33. The fourth-order valence-electron chi connectivity index (χ4n) is 6.08. The van der Waals surface area contributed by atoms with Gasteiger partial charge < -0.3 is 9.57 Å². The van der Waals surface area contributed by atoms with Crippen molar-refractivity contribution >= 4 is 34.0 Å². The smallest absolute Gasteiger partial charge is 0.306 e. The number of carbonyl (C=O) groups is 3. The molecule has 0 bridgehead atoms. The molecule has 0 fully saturated rings. The van der Waals surface area contributed by atoms with Crippen molar-refractivity contribution in [2.75, 3.05) is 13.3 Å². The predicted molar refractivity (Wildman–Crippen MR) is 177 cm³/mol. The van der Waals surface area contributed by atoms with Gasteiger partial charge in [0, 0.05) is 36.3 Å². The zero-order valence-electron chi connectivity index (χ0n) is 27.7. The number of halogens is 1. The van der Waals surface area contributed by atoms with E-state index in [1.54, 1.807) is 6.20 Å². The van der Waals surface area contributed by atoms with Crippen LogP contribution >= 0.6 is 0 Å². The quantitative estimate of drug-likeness (QED) is 0.0905. The average molecular weight is 625 g/mol. The Morgan fingerprint density at radius 2 is 1.51 bits per heavy atom. The molecule has 0 saturated heterocycles. The summed E-state index contributed by atoms with van der Waals surface area (Å²) in [5.74, 6) is -3.15. The number of oxime groups is 1. The number of pyridine rings is 1. The molecule has 0 spiro atoms. The molecule has 1 aliphatic heterocycles. The third kappa shape index (κ3) is 11.0. The maximum Gasteiger partial charge on any atom is 0.306 e. The SMILES string of the molecule is CCCCCCCCCCCCCCCOC(=O)C[C@H](CC(=O)[C@]1(C(C)C)CC(c2nccc3ccccc23)=NO1)C(=O)CF. The lowest BCUT2D eigenvalue weighted by atomic mass is 9.77. The number of alkyl halides is 1. The molecule has 1 aliphatic rings. The highest BCUT2D eigenvalue weighted by atomic mass is 19.1. The van der Waals surface area contributed by atoms with Gasteiger partial charge >= 0.3 is 5.97 Å². The molecule has 0 saturated carbocycles. The number of hydrogen-bond donors (Lipinski definition) is 0. The number of fused-ring (bicyclic) bond motifs is 1. The first-order chi connectivity index (χ1) is 21.8. The number of rotatable bonds is 23. The Morgan fingerprint density at radius 3 is 2.13 bits per heavy atom. The summed E-state index contributed by atoms with van der Waals surface area (Å²) in [6.07, 6.45) is 17.1. The molecule has 0 N–H and O–H groups in total. The number of Topliss-reactive ketones (excluding diaryl/α,β-unsaturated/α-hetero) is 2. The Bertz CT molecular complexity index is 1260. The number of aromatic nitrogens is 1. The third-order valence-electron chi connectivity index (χ3n) is 9.04. The van der Waals surface area contributed by atoms with E-state index in [4.69, 9.17) is 9.57 Å². The third-order valence-corrected chi connectivity index (χ3v) is 9.04. The number of unbranched alkanes of at least 4 members (excludes halogenated alkanes) is 12. The van der Waals surface area contributed by atoms with E-state index in [0.29, 0.717) is 11.4 Å². The van der Waals surface area contributed by atoms with E-state index in [9.17, 15) is 18.8 Å². The summed E-state index contributed by atoms with van der Waals surface area (Å²) in [6, 6.07) is 9.67. The molecule has 0 radical (unpaired) electrons. The summed E-state index contributed by atoms with van der Waals surface area (Å²) < 4.78 is 18.9. The number of esters is 1. The van der Waals surface area contributed by atoms with Crippen LogP contribution in [0.25, 0.3) is 10.8 Å². The van der Waals surface area contributed by atoms with Gasteiger partial charge in [0.25, 0.3) is 0 Å². The Morgan fingerprint density at radius 1 is 0.889 bits per heavy atom. The van der Waals surface area contributed by atoms with Crippen molar-refractivity contribution in [3.63, 3.8) is 0 Å². The molecule has 2 heterocycles. The van der Waals surface area contributed by atoms with Gasteiger partial charge in [-0.05, 0) is 17.9 Å². The van der Waals surface area contributed by atoms with Crippen LogP contribution < -0.4 is 0 Å². The Kier molecular flexibility index (Phi) is 15.6. The van der Waals surface area contributed by atoms with E-state index in [0.717, 1.165) is 30.0 Å². The topological polar surface area (TPSA) is 94.9 Å². The zero-order valence-corrected chi connectivity index (χ0v) is 27.7. The fourth-order valence-corrected chi connectivity index (χ4v) is 6.08. The van der Waals surface area contributed by atoms with Crippen LogP contribution in [0.15, 0.2) is 41.7 Å². The summed E-state index contributed by atoms with van der Waals surface area (Å²) in [5.41, 5.74) is -0.155. The van der Waals surface area contributed by atoms with Crippen LogP contribution in [-0.2, 0) is 24.0 Å². The maximum absolute atomic E-state index is 13.7. The Labute approximate surface area is 268 Å². The first-order valence-electron chi connectivity index (χ1n) is 17.2. The zero-order chi connectivity index (χ0) is 32.5. The lowest BCUT2D eigenvalue weighted by Crippen LogP contribution is -2.45. The van der Waals surface area contributed by atoms with E-state index in [2.05, 4.69) is 17.1 Å². The van der Waals surface area contributed by atoms with Gasteiger partial charge in [-0.1, -0.05) is 127 Å². The molecule has 0 unspecified atom stereocenters. The van der Waals surface area contributed by atoms with E-state index < -0.39 is 29.9 Å². The number of ether oxygens (including phenoxy) is 1. The van der Waals surface area contributed by atoms with Gasteiger partial charge in [0.2, 0.25) is 5.60 Å². The molecule has 0 amide bonds. The molecule has 7 nitrogen and oxygen atoms in total. The largest absolute Gasteiger partial charge is 0.466 e. The second-order valence-corrected chi connectivity index (χ2v) is 12.8. The summed E-state index contributed by atoms with van der Waals surface area (Å²) in [7, 11) is 0. The van der Waals surface area contributed by atoms with Crippen molar-refractivity contribution in [2.24, 2.45) is 17.0 Å². The molecule has 0 aliphatic carbocycles. The summed E-state index contributed by atoms with van der Waals surface area (Å²) in [5, 5.41) is 6.15. The molecule has 1 aromatic heterocycles. The van der Waals surface area contributed by atoms with Crippen molar-refractivity contribution in [3.8, 4) is 0 Å². The van der Waals surface area contributed by atoms with E-state index in [-0.39, 0.29) is 37.6 Å². The monoisotopic (exact) mass is 624 g/mol. The number of hydrogen-bond acceptors (Lipinski definition) is 7. The number of benzene rings is 1. The highest BCUT2D eigenvalue weighted by Crippen LogP contribution is 2.37. The van der Waals surface area contributed by atoms with Crippen LogP contribution in [0.3, 0.4) is 0 Å². The molecule has 8 heteroatoms. The molecular formula is C37H53FN2O5. The first kappa shape index (κ1) is 36.3. The van der Waals surface area contributed by atoms with Crippen LogP contribution in [-0.4, -0.2) is 47.1 Å². The number of carbonyl (C=O) groups excluding carboxylic acids is 3. The molecule has 45 heavy (non-hydrogen) atoms. The molecular weight excluding hydrogens is 571 g/mol. The van der Waals surface area contributed by atoms with E-state index in [1.807, 2.05) is 44.2 Å². The van der Waals surface area contributed by atoms with Crippen molar-refractivity contribution in [1.82, 2.24) is 4.98 Å². The maximum atomic E-state index is 13.7. The average Bonchev–Trinajstić information content (AvgIpc) is 3.51. The number of nitrogens with zero attached hydrogens (tertiary/aromatic N) is 2. The van der Waals surface area contributed by atoms with Crippen molar-refractivity contribution in [2.45, 2.75) is 129 Å². The van der Waals surface area contributed by atoms with Crippen LogP contribution in [0.5, 0.6) is 0 Å². The second kappa shape index (κ2) is 19.4. The summed E-state index contributed by atoms with van der Waals surface area (Å²) >= 11 is 0. The van der Waals surface area contributed by atoms with Crippen LogP contribution in [0.4, 0.5) is 4.39 Å². The van der Waals surface area contributed by atoms with E-state index >= 15 is 0 Å². The molecule has 2 aromatic rings. The van der Waals surface area contributed by atoms with Crippen molar-refractivity contribution in [1.29, 1.82) is 0 Å². The predicted octanol–water partition coefficient (Wildman–Crippen LogP) is 8.89. The van der Waals surface area contributed by atoms with Crippen molar-refractivity contribution < 1.29 is 28.3 Å². The summed E-state index contributed by atoms with van der Waals surface area (Å²) in [6.45, 7) is 4.95. The summed E-state index contributed by atoms with van der Waals surface area (Å²) in [4.78, 5) is 49.1. The normalized spacial score (nSPS) is 16.9. The van der Waals surface area contributed by atoms with Crippen LogP contribution in [0.2, 0.25) is 0 Å². The molecule has 3 rings (SSSR count). The number of ketones is 2.